The minimum Gasteiger partial charge on any atom is -0.464 e. The number of aromatic nitrogens is 4. The predicted molar refractivity (Wildman–Crippen MR) is 54.7 cm³/mol. The molecule has 0 radical (unpaired) electrons. The third kappa shape index (κ3) is 2.22. The average Bonchev–Trinajstić information content (AvgIpc) is 2.78. The molecule has 0 aliphatic heterocycles. The van der Waals surface area contributed by atoms with Gasteiger partial charge in [0, 0.05) is 6.20 Å². The van der Waals surface area contributed by atoms with Crippen LogP contribution >= 0.6 is 0 Å². The molecule has 0 N–H and O–H groups in total. The molecule has 0 saturated carbocycles. The molecule has 82 valence electrons. The molecule has 0 aliphatic carbocycles. The van der Waals surface area contributed by atoms with Crippen LogP contribution in [0.2, 0.25) is 0 Å². The molecule has 0 fully saturated rings. The van der Waals surface area contributed by atoms with Gasteiger partial charge in [0.25, 0.3) is 0 Å². The molecule has 0 amide bonds. The van der Waals surface area contributed by atoms with Crippen LogP contribution in [-0.2, 0) is 11.3 Å². The van der Waals surface area contributed by atoms with Gasteiger partial charge in [-0.25, -0.2) is 9.48 Å². The molecule has 0 atom stereocenters. The molecular formula is C10H10N4O2. The summed E-state index contributed by atoms with van der Waals surface area (Å²) in [6, 6.07) is 5.60. The molecule has 0 saturated heterocycles. The summed E-state index contributed by atoms with van der Waals surface area (Å²) in [6.07, 6.45) is 3.23. The lowest BCUT2D eigenvalue weighted by molar-refractivity contribution is 0.0594. The number of esters is 1. The Morgan fingerprint density at radius 1 is 1.50 bits per heavy atom. The zero-order valence-corrected chi connectivity index (χ0v) is 8.70. The molecule has 0 spiro atoms. The first-order chi connectivity index (χ1) is 7.79. The number of hydrogen-bond acceptors (Lipinski definition) is 5. The van der Waals surface area contributed by atoms with Crippen molar-refractivity contribution in [3.05, 3.63) is 42.0 Å². The highest BCUT2D eigenvalue weighted by Crippen LogP contribution is 1.99. The summed E-state index contributed by atoms with van der Waals surface area (Å²) < 4.78 is 6.07. The van der Waals surface area contributed by atoms with Gasteiger partial charge in [-0.1, -0.05) is 11.3 Å². The van der Waals surface area contributed by atoms with Crippen molar-refractivity contribution < 1.29 is 9.53 Å². The first-order valence-corrected chi connectivity index (χ1v) is 4.68. The first-order valence-electron chi connectivity index (χ1n) is 4.68. The number of rotatable bonds is 3. The fraction of sp³-hybridized carbons (Fsp3) is 0.200. The Bertz CT molecular complexity index is 481. The van der Waals surface area contributed by atoms with Gasteiger partial charge in [-0.15, -0.1) is 5.10 Å². The summed E-state index contributed by atoms with van der Waals surface area (Å²) in [5.41, 5.74) is 1.04. The number of methoxy groups -OCH3 is 1. The summed E-state index contributed by atoms with van der Waals surface area (Å²) in [5, 5.41) is 7.50. The van der Waals surface area contributed by atoms with E-state index < -0.39 is 5.97 Å². The molecule has 0 unspecified atom stereocenters. The van der Waals surface area contributed by atoms with E-state index in [9.17, 15) is 4.79 Å². The third-order valence-electron chi connectivity index (χ3n) is 1.98. The van der Waals surface area contributed by atoms with Crippen LogP contribution in [-0.4, -0.2) is 33.1 Å². The van der Waals surface area contributed by atoms with Crippen LogP contribution < -0.4 is 0 Å². The lowest BCUT2D eigenvalue weighted by atomic mass is 10.3. The van der Waals surface area contributed by atoms with Gasteiger partial charge >= 0.3 is 5.97 Å². The Balaban J connectivity index is 2.12. The Labute approximate surface area is 91.9 Å². The van der Waals surface area contributed by atoms with Crippen LogP contribution in [0.1, 0.15) is 16.2 Å². The minimum atomic E-state index is -0.493. The second-order valence-electron chi connectivity index (χ2n) is 3.11. The van der Waals surface area contributed by atoms with Gasteiger partial charge in [0.1, 0.15) is 0 Å². The highest BCUT2D eigenvalue weighted by Gasteiger charge is 2.10. The fourth-order valence-electron chi connectivity index (χ4n) is 1.23. The van der Waals surface area contributed by atoms with Gasteiger partial charge in [-0.3, -0.25) is 4.98 Å². The van der Waals surface area contributed by atoms with E-state index in [0.717, 1.165) is 5.69 Å². The normalized spacial score (nSPS) is 10.1. The Morgan fingerprint density at radius 3 is 3.06 bits per heavy atom. The Morgan fingerprint density at radius 2 is 2.38 bits per heavy atom. The lowest BCUT2D eigenvalue weighted by Gasteiger charge is -1.98. The van der Waals surface area contributed by atoms with Crippen molar-refractivity contribution in [1.29, 1.82) is 0 Å². The second-order valence-corrected chi connectivity index (χ2v) is 3.11. The predicted octanol–water partition coefficient (Wildman–Crippen LogP) is 0.508. The van der Waals surface area contributed by atoms with Crippen molar-refractivity contribution in [1.82, 2.24) is 20.0 Å². The number of carbonyl (C=O) groups is 1. The maximum absolute atomic E-state index is 11.1. The topological polar surface area (TPSA) is 69.9 Å². The van der Waals surface area contributed by atoms with E-state index in [1.54, 1.807) is 6.20 Å². The Kier molecular flexibility index (Phi) is 2.90. The molecule has 6 heteroatoms. The molecule has 6 nitrogen and oxygen atoms in total. The lowest BCUT2D eigenvalue weighted by Crippen LogP contribution is -2.02. The molecule has 2 rings (SSSR count). The maximum atomic E-state index is 11.1. The van der Waals surface area contributed by atoms with Crippen LogP contribution in [0.4, 0.5) is 0 Å². The maximum Gasteiger partial charge on any atom is 0.360 e. The number of pyridine rings is 1. The quantitative estimate of drug-likeness (QED) is 0.702. The SMILES string of the molecule is COC(=O)c1cn(Cc2ccccn2)nn1. The minimum absolute atomic E-state index is 0.193. The number of ether oxygens (including phenoxy) is 1. The van der Waals surface area contributed by atoms with Gasteiger partial charge in [-0.05, 0) is 12.1 Å². The summed E-state index contributed by atoms with van der Waals surface area (Å²) in [4.78, 5) is 15.3. The molecule has 16 heavy (non-hydrogen) atoms. The number of carbonyl (C=O) groups excluding carboxylic acids is 1. The van der Waals surface area contributed by atoms with Gasteiger partial charge in [0.2, 0.25) is 0 Å². The van der Waals surface area contributed by atoms with Gasteiger partial charge < -0.3 is 4.74 Å². The molecular weight excluding hydrogens is 208 g/mol. The molecule has 2 aromatic heterocycles. The van der Waals surface area contributed by atoms with Crippen LogP contribution in [0.3, 0.4) is 0 Å². The van der Waals surface area contributed by atoms with Crippen LogP contribution in [0, 0.1) is 0 Å². The largest absolute Gasteiger partial charge is 0.464 e. The van der Waals surface area contributed by atoms with E-state index in [1.807, 2.05) is 18.2 Å². The van der Waals surface area contributed by atoms with E-state index in [1.165, 1.54) is 18.0 Å². The zero-order chi connectivity index (χ0) is 11.4. The highest BCUT2D eigenvalue weighted by atomic mass is 16.5. The van der Waals surface area contributed by atoms with E-state index in [-0.39, 0.29) is 5.69 Å². The average molecular weight is 218 g/mol. The monoisotopic (exact) mass is 218 g/mol. The zero-order valence-electron chi connectivity index (χ0n) is 8.70. The smallest absolute Gasteiger partial charge is 0.360 e. The third-order valence-corrected chi connectivity index (χ3v) is 1.98. The number of nitrogens with zero attached hydrogens (tertiary/aromatic N) is 4. The van der Waals surface area contributed by atoms with Crippen molar-refractivity contribution in [2.24, 2.45) is 0 Å². The summed E-state index contributed by atoms with van der Waals surface area (Å²) >= 11 is 0. The van der Waals surface area contributed by atoms with Crippen molar-refractivity contribution >= 4 is 5.97 Å². The van der Waals surface area contributed by atoms with Crippen molar-refractivity contribution in [2.45, 2.75) is 6.54 Å². The van der Waals surface area contributed by atoms with Crippen molar-refractivity contribution in [3.8, 4) is 0 Å². The van der Waals surface area contributed by atoms with E-state index >= 15 is 0 Å². The molecule has 0 aromatic carbocycles. The van der Waals surface area contributed by atoms with Crippen LogP contribution in [0.5, 0.6) is 0 Å². The van der Waals surface area contributed by atoms with Crippen LogP contribution in [0.25, 0.3) is 0 Å². The van der Waals surface area contributed by atoms with Crippen molar-refractivity contribution in [3.63, 3.8) is 0 Å². The summed E-state index contributed by atoms with van der Waals surface area (Å²) in [5.74, 6) is -0.493. The molecule has 0 aliphatic rings. The standard InChI is InChI=1S/C10H10N4O2/c1-16-10(15)9-7-14(13-12-9)6-8-4-2-3-5-11-8/h2-5,7H,6H2,1H3. The van der Waals surface area contributed by atoms with E-state index in [4.69, 9.17) is 0 Å². The van der Waals surface area contributed by atoms with Crippen LogP contribution in [0.15, 0.2) is 30.6 Å². The van der Waals surface area contributed by atoms with Gasteiger partial charge in [-0.2, -0.15) is 0 Å². The van der Waals surface area contributed by atoms with E-state index in [2.05, 4.69) is 20.0 Å². The van der Waals surface area contributed by atoms with Crippen molar-refractivity contribution in [2.75, 3.05) is 7.11 Å². The molecule has 2 aromatic rings. The van der Waals surface area contributed by atoms with Gasteiger partial charge in [0.05, 0.1) is 25.5 Å². The Hall–Kier alpha value is -2.24. The summed E-state index contributed by atoms with van der Waals surface area (Å²) in [7, 11) is 1.31. The number of hydrogen-bond donors (Lipinski definition) is 0. The fourth-order valence-corrected chi connectivity index (χ4v) is 1.23. The van der Waals surface area contributed by atoms with E-state index in [0.29, 0.717) is 6.54 Å². The molecule has 0 bridgehead atoms. The van der Waals surface area contributed by atoms with Gasteiger partial charge in [0.15, 0.2) is 5.69 Å². The summed E-state index contributed by atoms with van der Waals surface area (Å²) in [6.45, 7) is 0.477. The second kappa shape index (κ2) is 4.52. The first kappa shape index (κ1) is 10.3. The molecule has 2 heterocycles. The highest BCUT2D eigenvalue weighted by molar-refractivity contribution is 5.86.